The Morgan fingerprint density at radius 2 is 2.11 bits per heavy atom. The van der Waals surface area contributed by atoms with Crippen LogP contribution >= 0.6 is 0 Å². The van der Waals surface area contributed by atoms with Crippen molar-refractivity contribution in [3.63, 3.8) is 0 Å². The molecular weight excluding hydrogens is 226 g/mol. The van der Waals surface area contributed by atoms with E-state index in [0.29, 0.717) is 5.95 Å². The van der Waals surface area contributed by atoms with Crippen LogP contribution in [0.2, 0.25) is 0 Å². The predicted octanol–water partition coefficient (Wildman–Crippen LogP) is 1.85. The van der Waals surface area contributed by atoms with E-state index in [9.17, 15) is 0 Å². The fourth-order valence-electron chi connectivity index (χ4n) is 2.34. The molecule has 2 heterocycles. The maximum Gasteiger partial charge on any atom is 0.239 e. The van der Waals surface area contributed by atoms with E-state index in [0.717, 1.165) is 25.2 Å². The van der Waals surface area contributed by atoms with E-state index in [-0.39, 0.29) is 0 Å². The molecule has 0 spiro atoms. The van der Waals surface area contributed by atoms with Crippen molar-refractivity contribution in [3.8, 4) is 0 Å². The maximum absolute atomic E-state index is 5.35. The highest BCUT2D eigenvalue weighted by Crippen LogP contribution is 2.32. The van der Waals surface area contributed by atoms with Crippen LogP contribution in [0.3, 0.4) is 0 Å². The minimum atomic E-state index is 0.440. The van der Waals surface area contributed by atoms with E-state index >= 15 is 0 Å². The summed E-state index contributed by atoms with van der Waals surface area (Å²) in [7, 11) is 0. The number of anilines is 3. The third kappa shape index (κ3) is 1.89. The van der Waals surface area contributed by atoms with Gasteiger partial charge < -0.3 is 4.90 Å². The number of aromatic nitrogens is 2. The molecule has 0 saturated heterocycles. The van der Waals surface area contributed by atoms with Crippen LogP contribution in [-0.4, -0.2) is 16.5 Å². The summed E-state index contributed by atoms with van der Waals surface area (Å²) in [5, 5.41) is 0. The summed E-state index contributed by atoms with van der Waals surface area (Å²) in [6.07, 6.45) is 3.97. The number of nitrogens with zero attached hydrogens (tertiary/aromatic N) is 3. The Bertz CT molecular complexity index is 555. The summed E-state index contributed by atoms with van der Waals surface area (Å²) in [4.78, 5) is 10.6. The number of nitrogen functional groups attached to an aromatic ring is 1. The average molecular weight is 241 g/mol. The number of fused-ring (bicyclic) bond motifs is 1. The monoisotopic (exact) mass is 241 g/mol. The first-order valence-electron chi connectivity index (χ1n) is 6.03. The van der Waals surface area contributed by atoms with Crippen molar-refractivity contribution in [2.75, 3.05) is 16.9 Å². The van der Waals surface area contributed by atoms with Gasteiger partial charge >= 0.3 is 0 Å². The van der Waals surface area contributed by atoms with Crippen LogP contribution in [0.15, 0.2) is 36.5 Å². The lowest BCUT2D eigenvalue weighted by Gasteiger charge is -2.30. The second-order valence-corrected chi connectivity index (χ2v) is 4.27. The highest BCUT2D eigenvalue weighted by atomic mass is 15.3. The molecule has 1 aromatic carbocycles. The van der Waals surface area contributed by atoms with Gasteiger partial charge in [0.1, 0.15) is 5.82 Å². The molecule has 92 valence electrons. The molecule has 0 fully saturated rings. The molecule has 2 aromatic rings. The van der Waals surface area contributed by atoms with Crippen LogP contribution in [0, 0.1) is 0 Å². The number of aryl methyl sites for hydroxylation is 1. The molecule has 18 heavy (non-hydrogen) atoms. The Morgan fingerprint density at radius 1 is 1.22 bits per heavy atom. The zero-order chi connectivity index (χ0) is 12.4. The number of nitrogens with one attached hydrogen (secondary N) is 1. The van der Waals surface area contributed by atoms with E-state index in [1.807, 2.05) is 6.07 Å². The molecule has 1 aromatic heterocycles. The number of hydrogen-bond acceptors (Lipinski definition) is 5. The standard InChI is InChI=1S/C13H15N5/c14-17-13-15-8-7-12(16-13)18-9-3-5-10-4-1-2-6-11(10)18/h1-2,4,6-8H,3,5,9,14H2,(H,15,16,17). The van der Waals surface area contributed by atoms with Gasteiger partial charge in [0, 0.05) is 18.4 Å². The first kappa shape index (κ1) is 11.0. The predicted molar refractivity (Wildman–Crippen MR) is 71.6 cm³/mol. The normalized spacial score (nSPS) is 14.2. The smallest absolute Gasteiger partial charge is 0.239 e. The second kappa shape index (κ2) is 4.62. The van der Waals surface area contributed by atoms with Gasteiger partial charge in [0.2, 0.25) is 5.95 Å². The lowest BCUT2D eigenvalue weighted by Crippen LogP contribution is -2.25. The van der Waals surface area contributed by atoms with Crippen molar-refractivity contribution < 1.29 is 0 Å². The molecule has 3 N–H and O–H groups in total. The minimum Gasteiger partial charge on any atom is -0.326 e. The fraction of sp³-hybridized carbons (Fsp3) is 0.231. The molecule has 0 radical (unpaired) electrons. The molecule has 1 aliphatic heterocycles. The largest absolute Gasteiger partial charge is 0.326 e. The molecule has 0 bridgehead atoms. The van der Waals surface area contributed by atoms with Crippen LogP contribution in [0.4, 0.5) is 17.5 Å². The summed E-state index contributed by atoms with van der Waals surface area (Å²) < 4.78 is 0. The second-order valence-electron chi connectivity index (χ2n) is 4.27. The summed E-state index contributed by atoms with van der Waals surface area (Å²) in [6.45, 7) is 0.970. The summed E-state index contributed by atoms with van der Waals surface area (Å²) in [6, 6.07) is 10.3. The Morgan fingerprint density at radius 3 is 3.00 bits per heavy atom. The van der Waals surface area contributed by atoms with Gasteiger partial charge in [0.25, 0.3) is 0 Å². The molecule has 0 saturated carbocycles. The van der Waals surface area contributed by atoms with Crippen molar-refractivity contribution in [2.45, 2.75) is 12.8 Å². The van der Waals surface area contributed by atoms with Gasteiger partial charge in [0.05, 0.1) is 0 Å². The first-order chi connectivity index (χ1) is 8.88. The average Bonchev–Trinajstić information content (AvgIpc) is 2.47. The van der Waals surface area contributed by atoms with Crippen molar-refractivity contribution in [1.29, 1.82) is 0 Å². The van der Waals surface area contributed by atoms with Crippen LogP contribution in [-0.2, 0) is 6.42 Å². The third-order valence-corrected chi connectivity index (χ3v) is 3.16. The van der Waals surface area contributed by atoms with Crippen LogP contribution in [0.25, 0.3) is 0 Å². The summed E-state index contributed by atoms with van der Waals surface area (Å²) >= 11 is 0. The van der Waals surface area contributed by atoms with Crippen LogP contribution < -0.4 is 16.2 Å². The molecule has 1 aliphatic rings. The molecule has 3 rings (SSSR count). The van der Waals surface area contributed by atoms with E-state index in [1.165, 1.54) is 11.3 Å². The Hall–Kier alpha value is -2.14. The number of para-hydroxylation sites is 1. The first-order valence-corrected chi connectivity index (χ1v) is 6.03. The Labute approximate surface area is 106 Å². The highest BCUT2D eigenvalue weighted by Gasteiger charge is 2.18. The number of hydrazine groups is 1. The summed E-state index contributed by atoms with van der Waals surface area (Å²) in [5.74, 6) is 6.67. The molecule has 0 atom stereocenters. The van der Waals surface area contributed by atoms with Crippen molar-refractivity contribution in [2.24, 2.45) is 5.84 Å². The number of nitrogens with two attached hydrogens (primary N) is 1. The third-order valence-electron chi connectivity index (χ3n) is 3.16. The molecule has 0 unspecified atom stereocenters. The maximum atomic E-state index is 5.35. The van der Waals surface area contributed by atoms with Crippen LogP contribution in [0.5, 0.6) is 0 Å². The topological polar surface area (TPSA) is 67.1 Å². The van der Waals surface area contributed by atoms with Gasteiger partial charge in [-0.05, 0) is 30.5 Å². The van der Waals surface area contributed by atoms with Crippen LogP contribution in [0.1, 0.15) is 12.0 Å². The van der Waals surface area contributed by atoms with Crippen molar-refractivity contribution in [3.05, 3.63) is 42.1 Å². The Kier molecular flexibility index (Phi) is 2.82. The van der Waals surface area contributed by atoms with Gasteiger partial charge in [-0.25, -0.2) is 10.8 Å². The van der Waals surface area contributed by atoms with Gasteiger partial charge in [-0.1, -0.05) is 18.2 Å². The lowest BCUT2D eigenvalue weighted by atomic mass is 10.0. The lowest BCUT2D eigenvalue weighted by molar-refractivity contribution is 0.758. The quantitative estimate of drug-likeness (QED) is 0.620. The zero-order valence-corrected chi connectivity index (χ0v) is 10.0. The molecule has 0 amide bonds. The van der Waals surface area contributed by atoms with Gasteiger partial charge in [-0.3, -0.25) is 5.43 Å². The minimum absolute atomic E-state index is 0.440. The molecule has 5 heteroatoms. The van der Waals surface area contributed by atoms with E-state index in [4.69, 9.17) is 5.84 Å². The van der Waals surface area contributed by atoms with Crippen molar-refractivity contribution in [1.82, 2.24) is 9.97 Å². The molecule has 5 nitrogen and oxygen atoms in total. The fourth-order valence-corrected chi connectivity index (χ4v) is 2.34. The van der Waals surface area contributed by atoms with E-state index in [1.54, 1.807) is 6.20 Å². The van der Waals surface area contributed by atoms with Gasteiger partial charge in [-0.2, -0.15) is 4.98 Å². The SMILES string of the molecule is NNc1nccc(N2CCCc3ccccc32)n1. The van der Waals surface area contributed by atoms with E-state index < -0.39 is 0 Å². The molecular formula is C13H15N5. The number of benzene rings is 1. The zero-order valence-electron chi connectivity index (χ0n) is 10.0. The van der Waals surface area contributed by atoms with Gasteiger partial charge in [-0.15, -0.1) is 0 Å². The summed E-state index contributed by atoms with van der Waals surface area (Å²) in [5.41, 5.74) is 5.07. The number of hydrogen-bond donors (Lipinski definition) is 2. The van der Waals surface area contributed by atoms with E-state index in [2.05, 4.69) is 44.6 Å². The highest BCUT2D eigenvalue weighted by molar-refractivity contribution is 5.65. The number of rotatable bonds is 2. The van der Waals surface area contributed by atoms with Gasteiger partial charge in [0.15, 0.2) is 0 Å². The van der Waals surface area contributed by atoms with Crippen molar-refractivity contribution >= 4 is 17.5 Å². The Balaban J connectivity index is 2.02. The molecule has 0 aliphatic carbocycles.